The van der Waals surface area contributed by atoms with Crippen molar-refractivity contribution in [3.05, 3.63) is 48.8 Å². The average molecular weight is 371 g/mol. The summed E-state index contributed by atoms with van der Waals surface area (Å²) in [4.78, 5) is 20.0. The Morgan fingerprint density at radius 2 is 1.96 bits per heavy atom. The highest BCUT2D eigenvalue weighted by Gasteiger charge is 2.10. The van der Waals surface area contributed by atoms with Gasteiger partial charge in [-0.2, -0.15) is 0 Å². The fourth-order valence-corrected chi connectivity index (χ4v) is 2.24. The fourth-order valence-electron chi connectivity index (χ4n) is 2.24. The molecular weight excluding hydrogens is 346 g/mol. The van der Waals surface area contributed by atoms with E-state index in [1.54, 1.807) is 38.7 Å². The lowest BCUT2D eigenvalue weighted by atomic mass is 10.3. The third kappa shape index (κ3) is 6.85. The number of nitrogens with one attached hydrogen (secondary N) is 3. The first-order chi connectivity index (χ1) is 13.1. The van der Waals surface area contributed by atoms with Gasteiger partial charge in [-0.05, 0) is 31.2 Å². The molecule has 1 unspecified atom stereocenters. The SMILES string of the molecule is CN=C(NCC(=O)Nc1cccnc1)NCC(C)Oc1ccccc1OC. The van der Waals surface area contributed by atoms with Gasteiger partial charge in [-0.3, -0.25) is 14.8 Å². The molecule has 3 N–H and O–H groups in total. The summed E-state index contributed by atoms with van der Waals surface area (Å²) >= 11 is 0. The minimum absolute atomic E-state index is 0.0797. The van der Waals surface area contributed by atoms with Crippen LogP contribution in [-0.2, 0) is 4.79 Å². The van der Waals surface area contributed by atoms with Gasteiger partial charge in [0.2, 0.25) is 5.91 Å². The van der Waals surface area contributed by atoms with Crippen LogP contribution in [0.25, 0.3) is 0 Å². The second-order valence-corrected chi connectivity index (χ2v) is 5.68. The molecule has 8 heteroatoms. The predicted octanol–water partition coefficient (Wildman–Crippen LogP) is 1.66. The van der Waals surface area contributed by atoms with Crippen LogP contribution in [0.1, 0.15) is 6.92 Å². The van der Waals surface area contributed by atoms with Gasteiger partial charge in [-0.25, -0.2) is 0 Å². The number of rotatable bonds is 8. The highest BCUT2D eigenvalue weighted by Crippen LogP contribution is 2.26. The van der Waals surface area contributed by atoms with E-state index in [1.165, 1.54) is 0 Å². The molecule has 1 aromatic carbocycles. The molecule has 0 aliphatic rings. The van der Waals surface area contributed by atoms with Crippen LogP contribution >= 0.6 is 0 Å². The van der Waals surface area contributed by atoms with Crippen molar-refractivity contribution in [2.75, 3.05) is 32.6 Å². The van der Waals surface area contributed by atoms with Crippen molar-refractivity contribution in [3.8, 4) is 11.5 Å². The van der Waals surface area contributed by atoms with Crippen LogP contribution in [0.3, 0.4) is 0 Å². The van der Waals surface area contributed by atoms with Gasteiger partial charge in [-0.1, -0.05) is 12.1 Å². The molecule has 144 valence electrons. The first-order valence-corrected chi connectivity index (χ1v) is 8.56. The van der Waals surface area contributed by atoms with E-state index < -0.39 is 0 Å². The molecule has 2 rings (SSSR count). The van der Waals surface area contributed by atoms with Crippen molar-refractivity contribution in [1.82, 2.24) is 15.6 Å². The molecule has 0 aliphatic heterocycles. The van der Waals surface area contributed by atoms with E-state index in [9.17, 15) is 4.79 Å². The Hall–Kier alpha value is -3.29. The number of pyridine rings is 1. The highest BCUT2D eigenvalue weighted by molar-refractivity contribution is 5.94. The number of para-hydroxylation sites is 2. The Labute approximate surface area is 159 Å². The van der Waals surface area contributed by atoms with Crippen LogP contribution in [0.4, 0.5) is 5.69 Å². The van der Waals surface area contributed by atoms with Crippen molar-refractivity contribution >= 4 is 17.6 Å². The number of hydrogen-bond acceptors (Lipinski definition) is 5. The summed E-state index contributed by atoms with van der Waals surface area (Å²) in [6, 6.07) is 11.0. The maximum atomic E-state index is 12.0. The molecule has 1 aromatic heterocycles. The lowest BCUT2D eigenvalue weighted by molar-refractivity contribution is -0.115. The Balaban J connectivity index is 1.75. The molecule has 0 radical (unpaired) electrons. The summed E-state index contributed by atoms with van der Waals surface area (Å²) in [6.45, 7) is 2.51. The maximum Gasteiger partial charge on any atom is 0.243 e. The quantitative estimate of drug-likeness (QED) is 0.482. The summed E-state index contributed by atoms with van der Waals surface area (Å²) in [7, 11) is 3.24. The van der Waals surface area contributed by atoms with E-state index in [4.69, 9.17) is 9.47 Å². The molecule has 0 saturated heterocycles. The number of hydrogen-bond donors (Lipinski definition) is 3. The predicted molar refractivity (Wildman–Crippen MR) is 105 cm³/mol. The fraction of sp³-hybridized carbons (Fsp3) is 0.316. The van der Waals surface area contributed by atoms with Crippen molar-refractivity contribution in [1.29, 1.82) is 0 Å². The zero-order valence-electron chi connectivity index (χ0n) is 15.7. The third-order valence-corrected chi connectivity index (χ3v) is 3.54. The van der Waals surface area contributed by atoms with Gasteiger partial charge in [0.15, 0.2) is 17.5 Å². The number of methoxy groups -OCH3 is 1. The largest absolute Gasteiger partial charge is 0.493 e. The van der Waals surface area contributed by atoms with E-state index >= 15 is 0 Å². The van der Waals surface area contributed by atoms with Gasteiger partial charge in [-0.15, -0.1) is 0 Å². The first-order valence-electron chi connectivity index (χ1n) is 8.56. The molecule has 0 spiro atoms. The van der Waals surface area contributed by atoms with Crippen LogP contribution in [0, 0.1) is 0 Å². The molecule has 1 amide bonds. The molecule has 0 fully saturated rings. The number of benzene rings is 1. The summed E-state index contributed by atoms with van der Waals surface area (Å²) in [5.41, 5.74) is 0.645. The Morgan fingerprint density at radius 3 is 2.63 bits per heavy atom. The number of aromatic nitrogens is 1. The second kappa shape index (κ2) is 10.6. The molecule has 0 aliphatic carbocycles. The zero-order chi connectivity index (χ0) is 19.5. The zero-order valence-corrected chi connectivity index (χ0v) is 15.7. The van der Waals surface area contributed by atoms with Gasteiger partial charge < -0.3 is 25.4 Å². The van der Waals surface area contributed by atoms with Gasteiger partial charge in [0.25, 0.3) is 0 Å². The van der Waals surface area contributed by atoms with Crippen LogP contribution < -0.4 is 25.4 Å². The average Bonchev–Trinajstić information content (AvgIpc) is 2.69. The third-order valence-electron chi connectivity index (χ3n) is 3.54. The summed E-state index contributed by atoms with van der Waals surface area (Å²) in [5, 5.41) is 8.83. The number of ether oxygens (including phenoxy) is 2. The topological polar surface area (TPSA) is 96.9 Å². The number of amides is 1. The Bertz CT molecular complexity index is 752. The second-order valence-electron chi connectivity index (χ2n) is 5.68. The monoisotopic (exact) mass is 371 g/mol. The number of nitrogens with zero attached hydrogens (tertiary/aromatic N) is 2. The van der Waals surface area contributed by atoms with Crippen LogP contribution in [0.5, 0.6) is 11.5 Å². The van der Waals surface area contributed by atoms with Crippen molar-refractivity contribution < 1.29 is 14.3 Å². The summed E-state index contributed by atoms with van der Waals surface area (Å²) in [6.07, 6.45) is 3.10. The summed E-state index contributed by atoms with van der Waals surface area (Å²) < 4.78 is 11.2. The number of anilines is 1. The van der Waals surface area contributed by atoms with E-state index in [0.717, 1.165) is 0 Å². The molecule has 27 heavy (non-hydrogen) atoms. The van der Waals surface area contributed by atoms with E-state index in [-0.39, 0.29) is 18.6 Å². The number of aliphatic imine (C=N–C) groups is 1. The van der Waals surface area contributed by atoms with Crippen LogP contribution in [0.2, 0.25) is 0 Å². The van der Waals surface area contributed by atoms with E-state index in [1.807, 2.05) is 31.2 Å². The Morgan fingerprint density at radius 1 is 1.19 bits per heavy atom. The molecule has 1 heterocycles. The summed E-state index contributed by atoms with van der Waals surface area (Å²) in [5.74, 6) is 1.67. The molecule has 8 nitrogen and oxygen atoms in total. The molecular formula is C19H25N5O3. The highest BCUT2D eigenvalue weighted by atomic mass is 16.5. The molecule has 0 saturated carbocycles. The molecule has 2 aromatic rings. The number of carbonyl (C=O) groups excluding carboxylic acids is 1. The first kappa shape index (κ1) is 20.0. The van der Waals surface area contributed by atoms with Gasteiger partial charge in [0.1, 0.15) is 6.10 Å². The Kier molecular flexibility index (Phi) is 7.90. The van der Waals surface area contributed by atoms with E-state index in [0.29, 0.717) is 29.7 Å². The van der Waals surface area contributed by atoms with E-state index in [2.05, 4.69) is 25.9 Å². The lowest BCUT2D eigenvalue weighted by Gasteiger charge is -2.19. The van der Waals surface area contributed by atoms with Crippen molar-refractivity contribution in [2.45, 2.75) is 13.0 Å². The lowest BCUT2D eigenvalue weighted by Crippen LogP contribution is -2.44. The normalized spacial score (nSPS) is 12.0. The molecule has 1 atom stereocenters. The van der Waals surface area contributed by atoms with Crippen LogP contribution in [-0.4, -0.2) is 50.2 Å². The maximum absolute atomic E-state index is 12.0. The minimum atomic E-state index is -0.190. The standard InChI is InChI=1S/C19H25N5O3/c1-14(27-17-9-5-4-8-16(17)26-3)11-22-19(20-2)23-13-18(25)24-15-7-6-10-21-12-15/h4-10,12,14H,11,13H2,1-3H3,(H,24,25)(H2,20,22,23). The number of carbonyl (C=O) groups is 1. The van der Waals surface area contributed by atoms with Crippen molar-refractivity contribution in [2.24, 2.45) is 4.99 Å². The smallest absolute Gasteiger partial charge is 0.243 e. The van der Waals surface area contributed by atoms with Gasteiger partial charge in [0, 0.05) is 13.2 Å². The van der Waals surface area contributed by atoms with Crippen LogP contribution in [0.15, 0.2) is 53.8 Å². The van der Waals surface area contributed by atoms with Gasteiger partial charge >= 0.3 is 0 Å². The van der Waals surface area contributed by atoms with Gasteiger partial charge in [0.05, 0.1) is 32.1 Å². The minimum Gasteiger partial charge on any atom is -0.493 e. The van der Waals surface area contributed by atoms with Crippen molar-refractivity contribution in [3.63, 3.8) is 0 Å². The molecule has 0 bridgehead atoms. The number of guanidine groups is 1.